The van der Waals surface area contributed by atoms with Crippen molar-refractivity contribution in [2.45, 2.75) is 137 Å². The quantitative estimate of drug-likeness (QED) is 0.0595. The second-order valence-electron chi connectivity index (χ2n) is 15.2. The summed E-state index contributed by atoms with van der Waals surface area (Å²) in [6, 6.07) is 26.5. The van der Waals surface area contributed by atoms with Gasteiger partial charge in [0, 0.05) is 68.3 Å². The molecule has 0 fully saturated rings. The van der Waals surface area contributed by atoms with Crippen molar-refractivity contribution in [2.24, 2.45) is 0 Å². The van der Waals surface area contributed by atoms with Gasteiger partial charge in [0.05, 0.1) is 0 Å². The first-order valence-electron chi connectivity index (χ1n) is 21.2. The molecule has 0 aliphatic carbocycles. The minimum absolute atomic E-state index is 1.13. The molecule has 0 bridgehead atoms. The third-order valence-electron chi connectivity index (χ3n) is 10.7. The van der Waals surface area contributed by atoms with Crippen LogP contribution in [0.2, 0.25) is 0 Å². The molecule has 0 spiro atoms. The summed E-state index contributed by atoms with van der Waals surface area (Å²) in [6.45, 7) is 11.5. The lowest BCUT2D eigenvalue weighted by Gasteiger charge is -2.02. The Morgan fingerprint density at radius 1 is 0.339 bits per heavy atom. The lowest BCUT2D eigenvalue weighted by Crippen LogP contribution is -1.85. The van der Waals surface area contributed by atoms with Gasteiger partial charge in [0.2, 0.25) is 0 Å². The van der Waals surface area contributed by atoms with Crippen LogP contribution in [0.25, 0.3) is 58.5 Å². The van der Waals surface area contributed by atoms with Crippen LogP contribution in [0.1, 0.15) is 131 Å². The molecule has 7 aromatic heterocycles. The zero-order valence-corrected chi connectivity index (χ0v) is 39.7. The van der Waals surface area contributed by atoms with Crippen LogP contribution >= 0.6 is 79.4 Å². The fourth-order valence-electron chi connectivity index (χ4n) is 7.51. The average molecular weight is 871 g/mol. The highest BCUT2D eigenvalue weighted by Gasteiger charge is 2.21. The largest absolute Gasteiger partial charge is 0.140 e. The van der Waals surface area contributed by atoms with Crippen LogP contribution in [-0.4, -0.2) is 0 Å². The van der Waals surface area contributed by atoms with E-state index in [1.165, 1.54) is 158 Å². The van der Waals surface area contributed by atoms with E-state index >= 15 is 0 Å². The molecule has 7 heteroatoms. The van der Waals surface area contributed by atoms with Crippen LogP contribution < -0.4 is 0 Å². The lowest BCUT2D eigenvalue weighted by molar-refractivity contribution is 0.668. The van der Waals surface area contributed by atoms with Crippen LogP contribution in [0, 0.1) is 6.92 Å². The zero-order chi connectivity index (χ0) is 38.9. The van der Waals surface area contributed by atoms with Gasteiger partial charge in [0.15, 0.2) is 0 Å². The molecular formula is C49H58S7. The van der Waals surface area contributed by atoms with Crippen LogP contribution in [0.15, 0.2) is 66.7 Å². The maximum Gasteiger partial charge on any atom is 0.0481 e. The topological polar surface area (TPSA) is 0 Å². The summed E-state index contributed by atoms with van der Waals surface area (Å²) in [5.74, 6) is 0. The monoisotopic (exact) mass is 870 g/mol. The molecule has 7 aromatic rings. The van der Waals surface area contributed by atoms with Gasteiger partial charge >= 0.3 is 0 Å². The molecule has 0 N–H and O–H groups in total. The van der Waals surface area contributed by atoms with Gasteiger partial charge in [-0.15, -0.1) is 79.4 Å². The predicted molar refractivity (Wildman–Crippen MR) is 262 cm³/mol. The smallest absolute Gasteiger partial charge is 0.0481 e. The Morgan fingerprint density at radius 3 is 1.11 bits per heavy atom. The molecule has 0 saturated carbocycles. The van der Waals surface area contributed by atoms with Gasteiger partial charge in [-0.25, -0.2) is 0 Å². The summed E-state index contributed by atoms with van der Waals surface area (Å²) in [5.41, 5.74) is 4.66. The fraction of sp³-hybridized carbons (Fsp3) is 0.429. The number of hydrogen-bond donors (Lipinski definition) is 0. The Morgan fingerprint density at radius 2 is 0.714 bits per heavy atom. The highest BCUT2D eigenvalue weighted by Crippen LogP contribution is 2.50. The first kappa shape index (κ1) is 42.0. The van der Waals surface area contributed by atoms with Crippen molar-refractivity contribution in [1.82, 2.24) is 0 Å². The molecule has 296 valence electrons. The van der Waals surface area contributed by atoms with Crippen LogP contribution in [-0.2, 0) is 25.7 Å². The van der Waals surface area contributed by atoms with Crippen molar-refractivity contribution >= 4 is 79.4 Å². The first-order chi connectivity index (χ1) is 27.5. The molecule has 0 radical (unpaired) electrons. The van der Waals surface area contributed by atoms with E-state index < -0.39 is 0 Å². The Hall–Kier alpha value is -2.10. The summed E-state index contributed by atoms with van der Waals surface area (Å²) in [7, 11) is 0. The summed E-state index contributed by atoms with van der Waals surface area (Å²) in [6.07, 6.45) is 20.3. The van der Waals surface area contributed by atoms with Crippen molar-refractivity contribution in [3.63, 3.8) is 0 Å². The third-order valence-corrected chi connectivity index (χ3v) is 19.7. The molecule has 0 atom stereocenters. The number of rotatable bonds is 22. The predicted octanol–water partition coefficient (Wildman–Crippen LogP) is 19.4. The normalized spacial score (nSPS) is 11.7. The van der Waals surface area contributed by atoms with Gasteiger partial charge in [-0.2, -0.15) is 0 Å². The fourth-order valence-corrected chi connectivity index (χ4v) is 15.7. The van der Waals surface area contributed by atoms with Gasteiger partial charge in [0.25, 0.3) is 0 Å². The molecule has 0 aliphatic heterocycles. The van der Waals surface area contributed by atoms with E-state index in [1.807, 2.05) is 79.4 Å². The van der Waals surface area contributed by atoms with Crippen molar-refractivity contribution in [3.8, 4) is 58.5 Å². The lowest BCUT2D eigenvalue weighted by atomic mass is 10.0. The van der Waals surface area contributed by atoms with Crippen molar-refractivity contribution in [1.29, 1.82) is 0 Å². The third kappa shape index (κ3) is 10.4. The second kappa shape index (κ2) is 20.7. The van der Waals surface area contributed by atoms with Crippen LogP contribution in [0.5, 0.6) is 0 Å². The maximum absolute atomic E-state index is 2.57. The second-order valence-corrected chi connectivity index (χ2v) is 23.0. The van der Waals surface area contributed by atoms with E-state index in [0.29, 0.717) is 0 Å². The molecule has 0 amide bonds. The molecule has 7 heterocycles. The number of hydrogen-bond acceptors (Lipinski definition) is 7. The number of thiophene rings is 7. The molecule has 0 nitrogen and oxygen atoms in total. The molecule has 56 heavy (non-hydrogen) atoms. The first-order valence-corrected chi connectivity index (χ1v) is 26.9. The Balaban J connectivity index is 1.18. The van der Waals surface area contributed by atoms with E-state index in [0.717, 1.165) is 12.8 Å². The molecular weight excluding hydrogens is 813 g/mol. The van der Waals surface area contributed by atoms with Crippen LogP contribution in [0.3, 0.4) is 0 Å². The summed E-state index contributed by atoms with van der Waals surface area (Å²) in [5, 5.41) is 0. The number of aryl methyl sites for hydroxylation is 5. The summed E-state index contributed by atoms with van der Waals surface area (Å²) in [4.78, 5) is 20.2. The van der Waals surface area contributed by atoms with Gasteiger partial charge in [0.1, 0.15) is 0 Å². The van der Waals surface area contributed by atoms with Gasteiger partial charge in [-0.05, 0) is 135 Å². The van der Waals surface area contributed by atoms with Crippen LogP contribution in [0.4, 0.5) is 0 Å². The molecule has 0 unspecified atom stereocenters. The van der Waals surface area contributed by atoms with Gasteiger partial charge in [-0.3, -0.25) is 0 Å². The zero-order valence-electron chi connectivity index (χ0n) is 34.0. The molecule has 0 aromatic carbocycles. The summed E-state index contributed by atoms with van der Waals surface area (Å²) < 4.78 is 0. The minimum Gasteiger partial charge on any atom is -0.140 e. The standard InChI is InChI=1S/C49H58S7/c1-6-10-13-16-19-34-30-37(9-4)51-47(34)42-27-25-40(53-42)41-26-29-44(54-41)49-36(21-18-15-12-8-3)32-46(56-49)45-31-35(20-17-14-11-7-2)48(55-45)43-28-24-39(52-43)38-23-22-33(5)50-38/h22-32H,6-21H2,1-5H3. The molecule has 7 rings (SSSR count). The Labute approximate surface area is 365 Å². The molecule has 0 aliphatic rings. The van der Waals surface area contributed by atoms with E-state index in [4.69, 9.17) is 0 Å². The summed E-state index contributed by atoms with van der Waals surface area (Å²) >= 11 is 14.0. The highest BCUT2D eigenvalue weighted by molar-refractivity contribution is 7.31. The maximum atomic E-state index is 2.57. The minimum atomic E-state index is 1.13. The Kier molecular flexibility index (Phi) is 15.6. The van der Waals surface area contributed by atoms with E-state index in [1.54, 1.807) is 16.7 Å². The van der Waals surface area contributed by atoms with Crippen molar-refractivity contribution in [3.05, 3.63) is 93.2 Å². The van der Waals surface area contributed by atoms with E-state index in [-0.39, 0.29) is 0 Å². The average Bonchev–Trinajstić information content (AvgIpc) is 4.06. The SMILES string of the molecule is CCCCCCc1cc(CC)sc1-c1ccc(-c2ccc(-c3sc(-c4cc(CCCCCC)c(-c5ccc(-c6ccc(C)s6)s5)s4)cc3CCCCCC)s2)s1. The van der Waals surface area contributed by atoms with E-state index in [9.17, 15) is 0 Å². The van der Waals surface area contributed by atoms with E-state index in [2.05, 4.69) is 101 Å². The van der Waals surface area contributed by atoms with Crippen molar-refractivity contribution in [2.75, 3.05) is 0 Å². The van der Waals surface area contributed by atoms with Crippen molar-refractivity contribution < 1.29 is 0 Å². The number of unbranched alkanes of at least 4 members (excludes halogenated alkanes) is 9. The van der Waals surface area contributed by atoms with Gasteiger partial charge in [-0.1, -0.05) is 85.5 Å². The molecule has 0 saturated heterocycles. The highest BCUT2D eigenvalue weighted by atomic mass is 32.1. The Bertz CT molecular complexity index is 2250. The van der Waals surface area contributed by atoms with Gasteiger partial charge < -0.3 is 0 Å².